The summed E-state index contributed by atoms with van der Waals surface area (Å²) in [5.74, 6) is 0.452. The van der Waals surface area contributed by atoms with Crippen molar-refractivity contribution in [3.63, 3.8) is 0 Å². The maximum atomic E-state index is 11.9. The number of benzene rings is 1. The summed E-state index contributed by atoms with van der Waals surface area (Å²) in [4.78, 5) is 17.9. The van der Waals surface area contributed by atoms with Crippen LogP contribution in [0.2, 0.25) is 0 Å². The van der Waals surface area contributed by atoms with Crippen LogP contribution in [0.1, 0.15) is 11.1 Å². The number of nitrogens with two attached hydrogens (primary N) is 1. The molecule has 19 heavy (non-hydrogen) atoms. The van der Waals surface area contributed by atoms with Gasteiger partial charge in [0.15, 0.2) is 5.82 Å². The molecule has 5 nitrogen and oxygen atoms in total. The third-order valence-corrected chi connectivity index (χ3v) is 3.04. The van der Waals surface area contributed by atoms with Crippen molar-refractivity contribution in [3.8, 4) is 0 Å². The smallest absolute Gasteiger partial charge is 0.293 e. The zero-order chi connectivity index (χ0) is 13.8. The Kier molecular flexibility index (Phi) is 3.97. The number of anilines is 1. The minimum Gasteiger partial charge on any atom is -0.351 e. The summed E-state index contributed by atoms with van der Waals surface area (Å²) >= 11 is 0. The van der Waals surface area contributed by atoms with Crippen LogP contribution in [0.15, 0.2) is 41.5 Å². The molecule has 0 aliphatic carbocycles. The average molecular weight is 258 g/mol. The molecule has 2 aromatic rings. The molecule has 0 unspecified atom stereocenters. The summed E-state index contributed by atoms with van der Waals surface area (Å²) in [7, 11) is 3.58. The highest BCUT2D eigenvalue weighted by molar-refractivity contribution is 5.36. The minimum absolute atomic E-state index is 0.0939. The summed E-state index contributed by atoms with van der Waals surface area (Å²) in [6, 6.07) is 8.04. The van der Waals surface area contributed by atoms with Gasteiger partial charge in [0, 0.05) is 39.6 Å². The summed E-state index contributed by atoms with van der Waals surface area (Å²) < 4.78 is 1.52. The second-order valence-corrected chi connectivity index (χ2v) is 4.54. The van der Waals surface area contributed by atoms with Gasteiger partial charge in [-0.25, -0.2) is 4.98 Å². The minimum atomic E-state index is -0.0939. The maximum absolute atomic E-state index is 11.9. The van der Waals surface area contributed by atoms with E-state index >= 15 is 0 Å². The van der Waals surface area contributed by atoms with Gasteiger partial charge in [0.25, 0.3) is 5.56 Å². The van der Waals surface area contributed by atoms with Crippen molar-refractivity contribution in [1.82, 2.24) is 9.55 Å². The molecule has 0 atom stereocenters. The van der Waals surface area contributed by atoms with Crippen molar-refractivity contribution in [2.75, 3.05) is 11.9 Å². The van der Waals surface area contributed by atoms with Crippen LogP contribution in [0.5, 0.6) is 0 Å². The van der Waals surface area contributed by atoms with E-state index in [4.69, 9.17) is 5.73 Å². The van der Waals surface area contributed by atoms with Crippen LogP contribution in [-0.2, 0) is 20.1 Å². The number of nitrogens with zero attached hydrogens (tertiary/aromatic N) is 3. The van der Waals surface area contributed by atoms with Crippen molar-refractivity contribution < 1.29 is 0 Å². The van der Waals surface area contributed by atoms with Gasteiger partial charge in [0.1, 0.15) is 0 Å². The Labute approximate surface area is 112 Å². The number of hydrogen-bond acceptors (Lipinski definition) is 4. The molecule has 0 bridgehead atoms. The molecule has 5 heteroatoms. The predicted molar refractivity (Wildman–Crippen MR) is 75.9 cm³/mol. The van der Waals surface area contributed by atoms with Gasteiger partial charge in [0.2, 0.25) is 0 Å². The van der Waals surface area contributed by atoms with Crippen molar-refractivity contribution in [2.45, 2.75) is 13.1 Å². The van der Waals surface area contributed by atoms with Gasteiger partial charge in [-0.05, 0) is 11.1 Å². The number of aromatic nitrogens is 2. The SMILES string of the molecule is CN(Cc1ccc(CN)cc1)c1nccn(C)c1=O. The van der Waals surface area contributed by atoms with E-state index in [-0.39, 0.29) is 5.56 Å². The lowest BCUT2D eigenvalue weighted by atomic mass is 10.1. The fourth-order valence-electron chi connectivity index (χ4n) is 1.88. The van der Waals surface area contributed by atoms with Crippen molar-refractivity contribution >= 4 is 5.82 Å². The molecule has 0 saturated carbocycles. The van der Waals surface area contributed by atoms with Crippen LogP contribution in [0, 0.1) is 0 Å². The van der Waals surface area contributed by atoms with E-state index in [0.29, 0.717) is 18.9 Å². The van der Waals surface area contributed by atoms with Crippen LogP contribution in [0.25, 0.3) is 0 Å². The molecule has 1 aromatic heterocycles. The molecule has 100 valence electrons. The topological polar surface area (TPSA) is 64.2 Å². The van der Waals surface area contributed by atoms with Crippen molar-refractivity contribution in [2.24, 2.45) is 12.8 Å². The Balaban J connectivity index is 2.18. The molecule has 0 saturated heterocycles. The van der Waals surface area contributed by atoms with Crippen LogP contribution >= 0.6 is 0 Å². The number of rotatable bonds is 4. The van der Waals surface area contributed by atoms with Gasteiger partial charge in [-0.15, -0.1) is 0 Å². The van der Waals surface area contributed by atoms with E-state index in [1.807, 2.05) is 36.2 Å². The lowest BCUT2D eigenvalue weighted by Crippen LogP contribution is -2.29. The van der Waals surface area contributed by atoms with E-state index in [1.54, 1.807) is 19.4 Å². The normalized spacial score (nSPS) is 10.5. The van der Waals surface area contributed by atoms with Crippen LogP contribution in [0.4, 0.5) is 5.82 Å². The van der Waals surface area contributed by atoms with Crippen LogP contribution < -0.4 is 16.2 Å². The standard InChI is InChI=1S/C14H18N4O/c1-17-8-7-16-13(14(17)19)18(2)10-12-5-3-11(9-15)4-6-12/h3-8H,9-10,15H2,1-2H3. The molecule has 0 radical (unpaired) electrons. The van der Waals surface area contributed by atoms with Crippen molar-refractivity contribution in [3.05, 3.63) is 58.1 Å². The lowest BCUT2D eigenvalue weighted by molar-refractivity contribution is 0.802. The summed E-state index contributed by atoms with van der Waals surface area (Å²) in [5, 5.41) is 0. The van der Waals surface area contributed by atoms with E-state index < -0.39 is 0 Å². The third kappa shape index (κ3) is 3.00. The fraction of sp³-hybridized carbons (Fsp3) is 0.286. The first kappa shape index (κ1) is 13.3. The molecule has 0 fully saturated rings. The zero-order valence-electron chi connectivity index (χ0n) is 11.2. The Morgan fingerprint density at radius 1 is 1.26 bits per heavy atom. The number of hydrogen-bond donors (Lipinski definition) is 1. The monoisotopic (exact) mass is 258 g/mol. The molecular weight excluding hydrogens is 240 g/mol. The molecule has 0 spiro atoms. The quantitative estimate of drug-likeness (QED) is 0.884. The predicted octanol–water partition coefficient (Wildman–Crippen LogP) is 0.875. The van der Waals surface area contributed by atoms with Crippen LogP contribution in [0.3, 0.4) is 0 Å². The molecule has 1 heterocycles. The molecule has 0 aliphatic heterocycles. The highest BCUT2D eigenvalue weighted by Crippen LogP contribution is 2.09. The van der Waals surface area contributed by atoms with Crippen LogP contribution in [-0.4, -0.2) is 16.6 Å². The van der Waals surface area contributed by atoms with E-state index in [9.17, 15) is 4.79 Å². The zero-order valence-corrected chi connectivity index (χ0v) is 11.2. The van der Waals surface area contributed by atoms with Gasteiger partial charge in [-0.2, -0.15) is 0 Å². The molecular formula is C14H18N4O. The van der Waals surface area contributed by atoms with E-state index in [0.717, 1.165) is 11.1 Å². The first-order chi connectivity index (χ1) is 9.11. The highest BCUT2D eigenvalue weighted by atomic mass is 16.1. The Hall–Kier alpha value is -2.14. The molecule has 0 amide bonds. The van der Waals surface area contributed by atoms with E-state index in [1.165, 1.54) is 4.57 Å². The highest BCUT2D eigenvalue weighted by Gasteiger charge is 2.08. The molecule has 0 aliphatic rings. The maximum Gasteiger partial charge on any atom is 0.293 e. The lowest BCUT2D eigenvalue weighted by Gasteiger charge is -2.17. The first-order valence-corrected chi connectivity index (χ1v) is 6.12. The Bertz CT molecular complexity index is 604. The molecule has 2 N–H and O–H groups in total. The Morgan fingerprint density at radius 2 is 1.89 bits per heavy atom. The average Bonchev–Trinajstić information content (AvgIpc) is 2.42. The largest absolute Gasteiger partial charge is 0.351 e. The van der Waals surface area contributed by atoms with Crippen molar-refractivity contribution in [1.29, 1.82) is 0 Å². The van der Waals surface area contributed by atoms with Gasteiger partial charge >= 0.3 is 0 Å². The third-order valence-electron chi connectivity index (χ3n) is 3.04. The summed E-state index contributed by atoms with van der Waals surface area (Å²) in [5.41, 5.74) is 7.69. The second kappa shape index (κ2) is 5.67. The van der Waals surface area contributed by atoms with Gasteiger partial charge < -0.3 is 15.2 Å². The van der Waals surface area contributed by atoms with Gasteiger partial charge in [-0.3, -0.25) is 4.79 Å². The number of aryl methyl sites for hydroxylation is 1. The first-order valence-electron chi connectivity index (χ1n) is 6.12. The molecule has 2 rings (SSSR count). The molecule has 1 aromatic carbocycles. The summed E-state index contributed by atoms with van der Waals surface area (Å²) in [6.07, 6.45) is 3.28. The fourth-order valence-corrected chi connectivity index (χ4v) is 1.88. The van der Waals surface area contributed by atoms with Gasteiger partial charge in [0.05, 0.1) is 0 Å². The van der Waals surface area contributed by atoms with Gasteiger partial charge in [-0.1, -0.05) is 24.3 Å². The van der Waals surface area contributed by atoms with E-state index in [2.05, 4.69) is 4.98 Å². The Morgan fingerprint density at radius 3 is 2.53 bits per heavy atom. The summed E-state index contributed by atoms with van der Waals surface area (Å²) in [6.45, 7) is 1.17. The second-order valence-electron chi connectivity index (χ2n) is 4.54.